The van der Waals surface area contributed by atoms with Gasteiger partial charge in [-0.15, -0.1) is 0 Å². The fourth-order valence-corrected chi connectivity index (χ4v) is 2.59. The number of esters is 1. The van der Waals surface area contributed by atoms with Crippen molar-refractivity contribution in [1.82, 2.24) is 0 Å². The summed E-state index contributed by atoms with van der Waals surface area (Å²) in [5.74, 6) is -0.497. The number of anilines is 1. The molecule has 1 heterocycles. The van der Waals surface area contributed by atoms with Gasteiger partial charge in [0.25, 0.3) is 5.91 Å². The molecular weight excluding hydrogens is 326 g/mol. The summed E-state index contributed by atoms with van der Waals surface area (Å²) in [5.41, 5.74) is 0.871. The van der Waals surface area contributed by atoms with Crippen LogP contribution in [-0.2, 0) is 19.1 Å². The lowest BCUT2D eigenvalue weighted by molar-refractivity contribution is -0.147. The Labute approximate surface area is 146 Å². The molecule has 0 radical (unpaired) electrons. The van der Waals surface area contributed by atoms with Crippen molar-refractivity contribution >= 4 is 23.3 Å². The van der Waals surface area contributed by atoms with Crippen molar-refractivity contribution in [3.63, 3.8) is 0 Å². The van der Waals surface area contributed by atoms with E-state index in [9.17, 15) is 14.4 Å². The van der Waals surface area contributed by atoms with Gasteiger partial charge >= 0.3 is 5.97 Å². The van der Waals surface area contributed by atoms with Gasteiger partial charge in [0, 0.05) is 19.1 Å². The number of carbonyl (C=O) groups excluding carboxylic acids is 3. The molecule has 2 rings (SSSR count). The van der Waals surface area contributed by atoms with Crippen molar-refractivity contribution in [3.8, 4) is 5.75 Å². The zero-order chi connectivity index (χ0) is 18.6. The van der Waals surface area contributed by atoms with Crippen LogP contribution < -0.4 is 9.64 Å². The topological polar surface area (TPSA) is 82.1 Å². The number of nitrogens with zero attached hydrogens (tertiary/aromatic N) is 1. The number of benzene rings is 1. The molecule has 0 fully saturated rings. The molecule has 1 amide bonds. The predicted octanol–water partition coefficient (Wildman–Crippen LogP) is 1.97. The van der Waals surface area contributed by atoms with Gasteiger partial charge in [-0.25, -0.2) is 4.79 Å². The van der Waals surface area contributed by atoms with E-state index < -0.39 is 18.1 Å². The molecule has 2 atom stereocenters. The summed E-state index contributed by atoms with van der Waals surface area (Å²) in [5, 5.41) is 0. The maximum absolute atomic E-state index is 12.6. The van der Waals surface area contributed by atoms with Gasteiger partial charge in [0.15, 0.2) is 11.9 Å². The van der Waals surface area contributed by atoms with E-state index in [0.717, 1.165) is 0 Å². The van der Waals surface area contributed by atoms with Gasteiger partial charge in [0.2, 0.25) is 0 Å². The van der Waals surface area contributed by atoms with Crippen LogP contribution in [0.2, 0.25) is 0 Å². The minimum Gasteiger partial charge on any atom is -0.479 e. The van der Waals surface area contributed by atoms with E-state index in [-0.39, 0.29) is 24.9 Å². The fraction of sp³-hybridized carbons (Fsp3) is 0.500. The van der Waals surface area contributed by atoms with Crippen LogP contribution in [0.15, 0.2) is 18.2 Å². The number of rotatable bonds is 7. The fourth-order valence-electron chi connectivity index (χ4n) is 2.59. The first-order chi connectivity index (χ1) is 11.9. The van der Waals surface area contributed by atoms with Crippen LogP contribution in [0, 0.1) is 0 Å². The van der Waals surface area contributed by atoms with Gasteiger partial charge in [-0.05, 0) is 32.0 Å². The lowest BCUT2D eigenvalue weighted by Crippen LogP contribution is -2.52. The molecular formula is C18H23NO6. The second-order valence-electron chi connectivity index (χ2n) is 5.76. The molecule has 0 N–H and O–H groups in total. The van der Waals surface area contributed by atoms with E-state index >= 15 is 0 Å². The molecule has 2 unspecified atom stereocenters. The van der Waals surface area contributed by atoms with Gasteiger partial charge < -0.3 is 14.2 Å². The largest absolute Gasteiger partial charge is 0.479 e. The number of methoxy groups -OCH3 is 1. The van der Waals surface area contributed by atoms with Gasteiger partial charge in [-0.3, -0.25) is 14.5 Å². The summed E-state index contributed by atoms with van der Waals surface area (Å²) in [7, 11) is 1.51. The second-order valence-corrected chi connectivity index (χ2v) is 5.76. The van der Waals surface area contributed by atoms with E-state index in [1.54, 1.807) is 39.0 Å². The zero-order valence-electron chi connectivity index (χ0n) is 14.9. The molecule has 25 heavy (non-hydrogen) atoms. The maximum Gasteiger partial charge on any atom is 0.329 e. The minimum atomic E-state index is -0.846. The van der Waals surface area contributed by atoms with Crippen LogP contribution in [0.25, 0.3) is 0 Å². The Hall–Kier alpha value is -2.41. The summed E-state index contributed by atoms with van der Waals surface area (Å²) in [4.78, 5) is 38.2. The average Bonchev–Trinajstić information content (AvgIpc) is 2.61. The summed E-state index contributed by atoms with van der Waals surface area (Å²) < 4.78 is 15.6. The number of ether oxygens (including phenoxy) is 3. The van der Waals surface area contributed by atoms with Gasteiger partial charge in [-0.1, -0.05) is 6.92 Å². The molecule has 1 aliphatic rings. The van der Waals surface area contributed by atoms with E-state index in [1.165, 1.54) is 12.0 Å². The van der Waals surface area contributed by atoms with Crippen LogP contribution in [0.3, 0.4) is 0 Å². The molecule has 0 aliphatic carbocycles. The van der Waals surface area contributed by atoms with Gasteiger partial charge in [-0.2, -0.15) is 0 Å². The van der Waals surface area contributed by atoms with Crippen molar-refractivity contribution in [2.24, 2.45) is 0 Å². The van der Waals surface area contributed by atoms with Crippen LogP contribution in [0.4, 0.5) is 5.69 Å². The summed E-state index contributed by atoms with van der Waals surface area (Å²) >= 11 is 0. The van der Waals surface area contributed by atoms with Crippen LogP contribution in [-0.4, -0.2) is 50.1 Å². The SMILES string of the molecule is CCC(=O)c1ccc2c(c1)N(C(C)C(=O)OCCOC)C(=O)C(C)O2. The number of hydrogen-bond donors (Lipinski definition) is 0. The summed E-state index contributed by atoms with van der Waals surface area (Å²) in [6.45, 7) is 5.35. The molecule has 7 heteroatoms. The predicted molar refractivity (Wildman–Crippen MR) is 90.9 cm³/mol. The third-order valence-electron chi connectivity index (χ3n) is 4.01. The van der Waals surface area contributed by atoms with Crippen molar-refractivity contribution in [1.29, 1.82) is 0 Å². The molecule has 1 aromatic carbocycles. The Bertz CT molecular complexity index is 672. The normalized spacial score (nSPS) is 17.5. The quantitative estimate of drug-likeness (QED) is 0.425. The average molecular weight is 349 g/mol. The van der Waals surface area contributed by atoms with E-state index in [0.29, 0.717) is 23.4 Å². The first-order valence-electron chi connectivity index (χ1n) is 8.23. The number of hydrogen-bond acceptors (Lipinski definition) is 6. The molecule has 1 aliphatic heterocycles. The Morgan fingerprint density at radius 1 is 1.32 bits per heavy atom. The van der Waals surface area contributed by atoms with E-state index in [1.807, 2.05) is 0 Å². The Balaban J connectivity index is 2.35. The zero-order valence-corrected chi connectivity index (χ0v) is 14.9. The molecule has 0 bridgehead atoms. The summed E-state index contributed by atoms with van der Waals surface area (Å²) in [6.07, 6.45) is -0.382. The highest BCUT2D eigenvalue weighted by atomic mass is 16.6. The molecule has 0 aromatic heterocycles. The molecule has 1 aromatic rings. The highest BCUT2D eigenvalue weighted by molar-refractivity contribution is 6.06. The Morgan fingerprint density at radius 2 is 2.04 bits per heavy atom. The molecule has 7 nitrogen and oxygen atoms in total. The number of carbonyl (C=O) groups is 3. The number of fused-ring (bicyclic) bond motifs is 1. The highest BCUT2D eigenvalue weighted by Gasteiger charge is 2.38. The second kappa shape index (κ2) is 8.11. The molecule has 0 saturated carbocycles. The van der Waals surface area contributed by atoms with Crippen molar-refractivity contribution in [2.75, 3.05) is 25.2 Å². The maximum atomic E-state index is 12.6. The number of ketones is 1. The third-order valence-corrected chi connectivity index (χ3v) is 4.01. The first kappa shape index (κ1) is 18.9. The molecule has 0 saturated heterocycles. The van der Waals surface area contributed by atoms with Gasteiger partial charge in [0.05, 0.1) is 12.3 Å². The number of amides is 1. The molecule has 136 valence electrons. The third kappa shape index (κ3) is 3.99. The van der Waals surface area contributed by atoms with Crippen LogP contribution >= 0.6 is 0 Å². The van der Waals surface area contributed by atoms with Crippen molar-refractivity contribution in [2.45, 2.75) is 39.3 Å². The Morgan fingerprint density at radius 3 is 2.68 bits per heavy atom. The van der Waals surface area contributed by atoms with Crippen molar-refractivity contribution in [3.05, 3.63) is 23.8 Å². The van der Waals surface area contributed by atoms with Crippen LogP contribution in [0.5, 0.6) is 5.75 Å². The highest BCUT2D eigenvalue weighted by Crippen LogP contribution is 2.36. The first-order valence-corrected chi connectivity index (χ1v) is 8.23. The standard InChI is InChI=1S/C18H23NO6/c1-5-15(20)13-6-7-16-14(10-13)19(17(21)12(3)25-16)11(2)18(22)24-9-8-23-4/h6-7,10-12H,5,8-9H2,1-4H3. The Kier molecular flexibility index (Phi) is 6.14. The van der Waals surface area contributed by atoms with E-state index in [2.05, 4.69) is 0 Å². The molecule has 0 spiro atoms. The lowest BCUT2D eigenvalue weighted by atomic mass is 10.0. The summed E-state index contributed by atoms with van der Waals surface area (Å²) in [6, 6.07) is 4.05. The van der Waals surface area contributed by atoms with Crippen molar-refractivity contribution < 1.29 is 28.6 Å². The van der Waals surface area contributed by atoms with E-state index in [4.69, 9.17) is 14.2 Å². The lowest BCUT2D eigenvalue weighted by Gasteiger charge is -2.36. The minimum absolute atomic E-state index is 0.0517. The number of Topliss-reactive ketones (excluding diaryl/α,β-unsaturated/α-hetero) is 1. The van der Waals surface area contributed by atoms with Gasteiger partial charge in [0.1, 0.15) is 18.4 Å². The monoisotopic (exact) mass is 349 g/mol. The smallest absolute Gasteiger partial charge is 0.329 e. The van der Waals surface area contributed by atoms with Crippen LogP contribution in [0.1, 0.15) is 37.6 Å².